The first kappa shape index (κ1) is 15.9. The monoisotopic (exact) mass is 317 g/mol. The minimum atomic E-state index is -3.35. The van der Waals surface area contributed by atoms with Gasteiger partial charge >= 0.3 is 0 Å². The minimum Gasteiger partial charge on any atom is -0.247 e. The number of nitrogens with zero attached hydrogens (tertiary/aromatic N) is 2. The summed E-state index contributed by atoms with van der Waals surface area (Å²) in [6.45, 7) is 7.82. The number of hydrogen-bond donors (Lipinski definition) is 1. The van der Waals surface area contributed by atoms with Crippen LogP contribution in [0, 0.1) is 18.8 Å². The van der Waals surface area contributed by atoms with Gasteiger partial charge in [0.15, 0.2) is 0 Å². The smallest absolute Gasteiger partial charge is 0.247 e. The second kappa shape index (κ2) is 6.51. The van der Waals surface area contributed by atoms with Crippen LogP contribution in [0.4, 0.5) is 0 Å². The Hall–Kier alpha value is -0.500. The molecule has 2 rings (SSSR count). The van der Waals surface area contributed by atoms with Crippen LogP contribution in [-0.4, -0.2) is 37.3 Å². The van der Waals surface area contributed by atoms with E-state index >= 15 is 0 Å². The largest absolute Gasteiger partial charge is 0.279 e. The molecule has 1 aliphatic rings. The van der Waals surface area contributed by atoms with E-state index in [0.29, 0.717) is 37.9 Å². The topological polar surface area (TPSA) is 62.3 Å². The Labute approximate surface area is 125 Å². The number of rotatable bonds is 5. The molecule has 114 valence electrons. The average Bonchev–Trinajstić information content (AvgIpc) is 2.73. The lowest BCUT2D eigenvalue weighted by atomic mass is 9.94. The molecule has 1 N–H and O–H groups in total. The van der Waals surface area contributed by atoms with Crippen LogP contribution in [-0.2, 0) is 16.6 Å². The van der Waals surface area contributed by atoms with Crippen molar-refractivity contribution < 1.29 is 8.42 Å². The SMILES string of the molecule is Cc1nc(CCNS(=O)(=O)N2C[C@H](C)C[C@H](C)C2)cs1. The second-order valence-electron chi connectivity index (χ2n) is 5.77. The van der Waals surface area contributed by atoms with Crippen molar-refractivity contribution in [1.82, 2.24) is 14.0 Å². The van der Waals surface area contributed by atoms with Crippen molar-refractivity contribution in [2.24, 2.45) is 11.8 Å². The molecule has 0 aromatic carbocycles. The molecule has 1 fully saturated rings. The molecule has 0 unspecified atom stereocenters. The molecule has 1 aliphatic heterocycles. The molecule has 1 aromatic rings. The number of hydrogen-bond acceptors (Lipinski definition) is 4. The molecule has 7 heteroatoms. The van der Waals surface area contributed by atoms with E-state index in [0.717, 1.165) is 17.1 Å². The van der Waals surface area contributed by atoms with Crippen molar-refractivity contribution in [1.29, 1.82) is 0 Å². The quantitative estimate of drug-likeness (QED) is 0.901. The number of aryl methyl sites for hydroxylation is 1. The molecule has 2 heterocycles. The van der Waals surface area contributed by atoms with Crippen LogP contribution >= 0.6 is 11.3 Å². The van der Waals surface area contributed by atoms with Gasteiger partial charge < -0.3 is 0 Å². The van der Waals surface area contributed by atoms with Gasteiger partial charge in [-0.25, -0.2) is 9.71 Å². The molecular formula is C13H23N3O2S2. The van der Waals surface area contributed by atoms with Crippen LogP contribution in [0.2, 0.25) is 0 Å². The Morgan fingerprint density at radius 1 is 1.40 bits per heavy atom. The van der Waals surface area contributed by atoms with Gasteiger partial charge in [-0.2, -0.15) is 12.7 Å². The molecule has 20 heavy (non-hydrogen) atoms. The normalized spacial score (nSPS) is 24.9. The zero-order valence-electron chi connectivity index (χ0n) is 12.3. The summed E-state index contributed by atoms with van der Waals surface area (Å²) < 4.78 is 28.8. The fraction of sp³-hybridized carbons (Fsp3) is 0.769. The highest BCUT2D eigenvalue weighted by Crippen LogP contribution is 2.22. The summed E-state index contributed by atoms with van der Waals surface area (Å²) in [6.07, 6.45) is 1.74. The van der Waals surface area contributed by atoms with Crippen molar-refractivity contribution in [2.75, 3.05) is 19.6 Å². The van der Waals surface area contributed by atoms with E-state index in [4.69, 9.17) is 0 Å². The maximum atomic E-state index is 12.3. The van der Waals surface area contributed by atoms with Gasteiger partial charge in [-0.15, -0.1) is 11.3 Å². The van der Waals surface area contributed by atoms with Crippen LogP contribution in [0.15, 0.2) is 5.38 Å². The summed E-state index contributed by atoms with van der Waals surface area (Å²) in [5.74, 6) is 0.855. The number of thiazole rings is 1. The third-order valence-electron chi connectivity index (χ3n) is 3.51. The van der Waals surface area contributed by atoms with Crippen LogP contribution < -0.4 is 4.72 Å². The zero-order chi connectivity index (χ0) is 14.8. The molecule has 1 aromatic heterocycles. The molecule has 0 saturated carbocycles. The fourth-order valence-electron chi connectivity index (χ4n) is 2.72. The van der Waals surface area contributed by atoms with E-state index in [1.54, 1.807) is 15.6 Å². The Kier molecular flexibility index (Phi) is 5.17. The zero-order valence-corrected chi connectivity index (χ0v) is 13.9. The van der Waals surface area contributed by atoms with Crippen molar-refractivity contribution in [3.05, 3.63) is 16.1 Å². The van der Waals surface area contributed by atoms with Gasteiger partial charge in [-0.1, -0.05) is 13.8 Å². The maximum absolute atomic E-state index is 12.3. The lowest BCUT2D eigenvalue weighted by Gasteiger charge is -2.33. The molecule has 2 atom stereocenters. The van der Waals surface area contributed by atoms with Crippen molar-refractivity contribution in [3.8, 4) is 0 Å². The van der Waals surface area contributed by atoms with Crippen molar-refractivity contribution in [3.63, 3.8) is 0 Å². The second-order valence-corrected chi connectivity index (χ2v) is 8.59. The predicted octanol–water partition coefficient (Wildman–Crippen LogP) is 1.81. The Bertz CT molecular complexity index is 532. The molecule has 0 amide bonds. The summed E-state index contributed by atoms with van der Waals surface area (Å²) in [5.41, 5.74) is 0.954. The van der Waals surface area contributed by atoms with Gasteiger partial charge in [-0.3, -0.25) is 0 Å². The molecular weight excluding hydrogens is 294 g/mol. The lowest BCUT2D eigenvalue weighted by Crippen LogP contribution is -2.48. The van der Waals surface area contributed by atoms with Gasteiger partial charge in [0.05, 0.1) is 10.7 Å². The summed E-state index contributed by atoms with van der Waals surface area (Å²) in [5, 5.41) is 3.00. The average molecular weight is 317 g/mol. The number of piperidine rings is 1. The Morgan fingerprint density at radius 2 is 2.05 bits per heavy atom. The van der Waals surface area contributed by atoms with Crippen LogP contribution in [0.25, 0.3) is 0 Å². The Balaban J connectivity index is 1.87. The summed E-state index contributed by atoms with van der Waals surface area (Å²) in [6, 6.07) is 0. The van der Waals surface area contributed by atoms with Gasteiger partial charge in [0.1, 0.15) is 0 Å². The van der Waals surface area contributed by atoms with Crippen molar-refractivity contribution in [2.45, 2.75) is 33.6 Å². The summed E-state index contributed by atoms with van der Waals surface area (Å²) in [4.78, 5) is 4.34. The number of nitrogens with one attached hydrogen (secondary N) is 1. The van der Waals surface area contributed by atoms with E-state index < -0.39 is 10.2 Å². The van der Waals surface area contributed by atoms with Gasteiger partial charge in [-0.05, 0) is 25.2 Å². The highest BCUT2D eigenvalue weighted by Gasteiger charge is 2.29. The van der Waals surface area contributed by atoms with Crippen LogP contribution in [0.3, 0.4) is 0 Å². The van der Waals surface area contributed by atoms with E-state index in [2.05, 4.69) is 23.6 Å². The standard InChI is InChI=1S/C13H23N3O2S2/c1-10-6-11(2)8-16(7-10)20(17,18)14-5-4-13-9-19-12(3)15-13/h9-11,14H,4-8H2,1-3H3/t10-,11+. The molecule has 0 radical (unpaired) electrons. The lowest BCUT2D eigenvalue weighted by molar-refractivity contribution is 0.220. The first-order chi connectivity index (χ1) is 9.37. The van der Waals surface area contributed by atoms with E-state index in [1.807, 2.05) is 12.3 Å². The van der Waals surface area contributed by atoms with Crippen molar-refractivity contribution >= 4 is 21.5 Å². The third kappa shape index (κ3) is 4.25. The first-order valence-corrected chi connectivity index (χ1v) is 9.34. The molecule has 0 spiro atoms. The maximum Gasteiger partial charge on any atom is 0.279 e. The van der Waals surface area contributed by atoms with Crippen LogP contribution in [0.5, 0.6) is 0 Å². The molecule has 1 saturated heterocycles. The predicted molar refractivity (Wildman–Crippen MR) is 82.0 cm³/mol. The van der Waals surface area contributed by atoms with E-state index in [-0.39, 0.29) is 0 Å². The van der Waals surface area contributed by atoms with Crippen LogP contribution in [0.1, 0.15) is 31.0 Å². The van der Waals surface area contributed by atoms with Gasteiger partial charge in [0, 0.05) is 31.4 Å². The highest BCUT2D eigenvalue weighted by molar-refractivity contribution is 7.87. The summed E-state index contributed by atoms with van der Waals surface area (Å²) in [7, 11) is -3.35. The third-order valence-corrected chi connectivity index (χ3v) is 5.88. The fourth-order valence-corrected chi connectivity index (χ4v) is 4.82. The molecule has 0 aliphatic carbocycles. The molecule has 5 nitrogen and oxygen atoms in total. The van der Waals surface area contributed by atoms with E-state index in [1.165, 1.54) is 0 Å². The van der Waals surface area contributed by atoms with E-state index in [9.17, 15) is 8.42 Å². The molecule has 0 bridgehead atoms. The summed E-state index contributed by atoms with van der Waals surface area (Å²) >= 11 is 1.59. The van der Waals surface area contributed by atoms with Gasteiger partial charge in [0.2, 0.25) is 0 Å². The Morgan fingerprint density at radius 3 is 2.60 bits per heavy atom. The number of aromatic nitrogens is 1. The minimum absolute atomic E-state index is 0.408. The highest BCUT2D eigenvalue weighted by atomic mass is 32.2. The van der Waals surface area contributed by atoms with Gasteiger partial charge in [0.25, 0.3) is 10.2 Å². The first-order valence-electron chi connectivity index (χ1n) is 7.02.